The van der Waals surface area contributed by atoms with E-state index in [9.17, 15) is 4.39 Å². The summed E-state index contributed by atoms with van der Waals surface area (Å²) in [6.07, 6.45) is 0. The van der Waals surface area contributed by atoms with Crippen LogP contribution in [0.2, 0.25) is 5.02 Å². The van der Waals surface area contributed by atoms with Crippen molar-refractivity contribution in [3.05, 3.63) is 62.8 Å². The van der Waals surface area contributed by atoms with Crippen LogP contribution in [-0.2, 0) is 0 Å². The fourth-order valence-electron chi connectivity index (χ4n) is 1.78. The van der Waals surface area contributed by atoms with Gasteiger partial charge in [0, 0.05) is 15.1 Å². The summed E-state index contributed by atoms with van der Waals surface area (Å²) >= 11 is 13.0. The van der Waals surface area contributed by atoms with Crippen molar-refractivity contribution < 1.29 is 9.13 Å². The lowest BCUT2D eigenvalue weighted by Gasteiger charge is -2.16. The molecular weight excluding hydrogens is 398 g/mol. The Morgan fingerprint density at radius 1 is 1.16 bits per heavy atom. The van der Waals surface area contributed by atoms with Gasteiger partial charge in [-0.3, -0.25) is 0 Å². The average molecular weight is 408 g/mol. The molecule has 0 saturated heterocycles. The summed E-state index contributed by atoms with van der Waals surface area (Å²) in [5.74, 6) is 0.313. The fraction of sp³-hybridized carbons (Fsp3) is 0.143. The van der Waals surface area contributed by atoms with Crippen molar-refractivity contribution in [1.29, 1.82) is 0 Å². The van der Waals surface area contributed by atoms with Crippen LogP contribution in [0.4, 0.5) is 4.39 Å². The molecule has 0 heterocycles. The molecule has 0 aromatic heterocycles. The van der Waals surface area contributed by atoms with Gasteiger partial charge >= 0.3 is 0 Å². The van der Waals surface area contributed by atoms with Gasteiger partial charge in [-0.25, -0.2) is 4.39 Å². The SMILES string of the molecule is COc1ccc(F)cc1C(Br)c1cc(Cl)ccc1Br. The molecule has 0 fully saturated rings. The predicted octanol–water partition coefficient (Wildman–Crippen LogP) is 5.73. The van der Waals surface area contributed by atoms with Gasteiger partial charge < -0.3 is 4.74 Å². The quantitative estimate of drug-likeness (QED) is 0.589. The van der Waals surface area contributed by atoms with Gasteiger partial charge in [-0.05, 0) is 42.0 Å². The lowest BCUT2D eigenvalue weighted by Crippen LogP contribution is -1.99. The molecule has 0 aliphatic heterocycles. The highest BCUT2D eigenvalue weighted by atomic mass is 79.9. The summed E-state index contributed by atoms with van der Waals surface area (Å²) < 4.78 is 19.6. The molecule has 2 aromatic rings. The van der Waals surface area contributed by atoms with E-state index in [0.717, 1.165) is 10.0 Å². The summed E-state index contributed by atoms with van der Waals surface area (Å²) in [7, 11) is 1.56. The maximum Gasteiger partial charge on any atom is 0.123 e. The molecule has 0 spiro atoms. The molecule has 1 atom stereocenters. The minimum atomic E-state index is -0.307. The van der Waals surface area contributed by atoms with Gasteiger partial charge in [0.25, 0.3) is 0 Å². The van der Waals surface area contributed by atoms with Gasteiger partial charge in [0.2, 0.25) is 0 Å². The second kappa shape index (κ2) is 6.25. The predicted molar refractivity (Wildman–Crippen MR) is 82.9 cm³/mol. The van der Waals surface area contributed by atoms with E-state index in [4.69, 9.17) is 16.3 Å². The highest BCUT2D eigenvalue weighted by Crippen LogP contribution is 2.40. The maximum absolute atomic E-state index is 13.4. The molecule has 1 unspecified atom stereocenters. The largest absolute Gasteiger partial charge is 0.496 e. The topological polar surface area (TPSA) is 9.23 Å². The van der Waals surface area contributed by atoms with Crippen molar-refractivity contribution in [2.45, 2.75) is 4.83 Å². The maximum atomic E-state index is 13.4. The Morgan fingerprint density at radius 3 is 2.58 bits per heavy atom. The highest BCUT2D eigenvalue weighted by Gasteiger charge is 2.18. The lowest BCUT2D eigenvalue weighted by atomic mass is 10.0. The summed E-state index contributed by atoms with van der Waals surface area (Å²) in [6, 6.07) is 9.91. The number of rotatable bonds is 3. The van der Waals surface area contributed by atoms with Crippen molar-refractivity contribution >= 4 is 43.5 Å². The van der Waals surface area contributed by atoms with E-state index in [-0.39, 0.29) is 10.6 Å². The number of halogens is 4. The van der Waals surface area contributed by atoms with E-state index in [1.54, 1.807) is 19.2 Å². The van der Waals surface area contributed by atoms with Gasteiger partial charge in [0.05, 0.1) is 11.9 Å². The Balaban J connectivity index is 2.51. The van der Waals surface area contributed by atoms with E-state index in [1.165, 1.54) is 12.1 Å². The van der Waals surface area contributed by atoms with Gasteiger partial charge in [-0.1, -0.05) is 43.5 Å². The van der Waals surface area contributed by atoms with Crippen LogP contribution >= 0.6 is 43.5 Å². The van der Waals surface area contributed by atoms with Crippen molar-refractivity contribution in [3.63, 3.8) is 0 Å². The van der Waals surface area contributed by atoms with Crippen molar-refractivity contribution in [2.24, 2.45) is 0 Å². The highest BCUT2D eigenvalue weighted by molar-refractivity contribution is 9.11. The molecule has 5 heteroatoms. The lowest BCUT2D eigenvalue weighted by molar-refractivity contribution is 0.409. The van der Waals surface area contributed by atoms with Crippen molar-refractivity contribution in [1.82, 2.24) is 0 Å². The molecule has 1 nitrogen and oxygen atoms in total. The smallest absolute Gasteiger partial charge is 0.123 e. The van der Waals surface area contributed by atoms with Crippen molar-refractivity contribution in [3.8, 4) is 5.75 Å². The fourth-order valence-corrected chi connectivity index (χ4v) is 3.48. The van der Waals surface area contributed by atoms with Crippen LogP contribution in [0, 0.1) is 5.82 Å². The number of hydrogen-bond donors (Lipinski definition) is 0. The third-order valence-corrected chi connectivity index (χ3v) is 4.64. The number of alkyl halides is 1. The minimum absolute atomic E-state index is 0.216. The Labute approximate surface area is 133 Å². The zero-order valence-corrected chi connectivity index (χ0v) is 13.9. The van der Waals surface area contributed by atoms with Gasteiger partial charge in [-0.15, -0.1) is 0 Å². The van der Waals surface area contributed by atoms with E-state index in [1.807, 2.05) is 12.1 Å². The molecule has 2 rings (SSSR count). The Morgan fingerprint density at radius 2 is 1.89 bits per heavy atom. The van der Waals surface area contributed by atoms with E-state index in [2.05, 4.69) is 31.9 Å². The Kier molecular flexibility index (Phi) is 4.87. The third kappa shape index (κ3) is 3.30. The van der Waals surface area contributed by atoms with Crippen LogP contribution in [0.3, 0.4) is 0 Å². The molecule has 0 bridgehead atoms. The standard InChI is InChI=1S/C14H10Br2ClFO/c1-19-13-5-3-9(18)7-11(13)14(16)10-6-8(17)2-4-12(10)15/h2-7,14H,1H3. The Bertz CT molecular complexity index is 604. The van der Waals surface area contributed by atoms with E-state index >= 15 is 0 Å². The zero-order chi connectivity index (χ0) is 14.0. The monoisotopic (exact) mass is 406 g/mol. The molecule has 0 aliphatic rings. The zero-order valence-electron chi connectivity index (χ0n) is 9.96. The number of hydrogen-bond acceptors (Lipinski definition) is 1. The van der Waals surface area contributed by atoms with Gasteiger partial charge in [0.15, 0.2) is 0 Å². The summed E-state index contributed by atoms with van der Waals surface area (Å²) in [5.41, 5.74) is 1.63. The van der Waals surface area contributed by atoms with Crippen LogP contribution < -0.4 is 4.74 Å². The molecular formula is C14H10Br2ClFO. The summed E-state index contributed by atoms with van der Waals surface area (Å²) in [5, 5.41) is 0.623. The normalized spacial score (nSPS) is 12.3. The summed E-state index contributed by atoms with van der Waals surface area (Å²) in [6.45, 7) is 0. The van der Waals surface area contributed by atoms with Crippen LogP contribution in [0.1, 0.15) is 16.0 Å². The van der Waals surface area contributed by atoms with Crippen LogP contribution in [0.5, 0.6) is 5.75 Å². The van der Waals surface area contributed by atoms with Crippen molar-refractivity contribution in [2.75, 3.05) is 7.11 Å². The molecule has 2 aromatic carbocycles. The number of benzene rings is 2. The number of methoxy groups -OCH3 is 1. The molecule has 100 valence electrons. The first-order valence-electron chi connectivity index (χ1n) is 5.45. The second-order valence-corrected chi connectivity index (χ2v) is 6.12. The minimum Gasteiger partial charge on any atom is -0.496 e. The molecule has 0 radical (unpaired) electrons. The van der Waals surface area contributed by atoms with Gasteiger partial charge in [0.1, 0.15) is 11.6 Å². The van der Waals surface area contributed by atoms with E-state index in [0.29, 0.717) is 16.3 Å². The first kappa shape index (κ1) is 14.8. The van der Waals surface area contributed by atoms with Crippen LogP contribution in [0.15, 0.2) is 40.9 Å². The first-order chi connectivity index (χ1) is 9.02. The van der Waals surface area contributed by atoms with E-state index < -0.39 is 0 Å². The molecule has 0 saturated carbocycles. The van der Waals surface area contributed by atoms with Crippen LogP contribution in [-0.4, -0.2) is 7.11 Å². The molecule has 19 heavy (non-hydrogen) atoms. The van der Waals surface area contributed by atoms with Gasteiger partial charge in [-0.2, -0.15) is 0 Å². The second-order valence-electron chi connectivity index (χ2n) is 3.91. The first-order valence-corrected chi connectivity index (χ1v) is 7.54. The molecule has 0 amide bonds. The summed E-state index contributed by atoms with van der Waals surface area (Å²) in [4.78, 5) is -0.216. The molecule has 0 N–H and O–H groups in total. The molecule has 0 aliphatic carbocycles. The van der Waals surface area contributed by atoms with Crippen LogP contribution in [0.25, 0.3) is 0 Å². The Hall–Kier alpha value is -0.580. The number of ether oxygens (including phenoxy) is 1. The average Bonchev–Trinajstić information content (AvgIpc) is 2.40. The third-order valence-electron chi connectivity index (χ3n) is 2.70.